The first kappa shape index (κ1) is 21.2. The summed E-state index contributed by atoms with van der Waals surface area (Å²) in [7, 11) is 0. The number of hydrogen-bond donors (Lipinski definition) is 2. The molecule has 1 atom stereocenters. The van der Waals surface area contributed by atoms with E-state index in [-0.39, 0.29) is 35.5 Å². The van der Waals surface area contributed by atoms with E-state index in [0.717, 1.165) is 19.3 Å². The van der Waals surface area contributed by atoms with E-state index >= 15 is 0 Å². The summed E-state index contributed by atoms with van der Waals surface area (Å²) in [6, 6.07) is -1.29. The minimum absolute atomic E-state index is 0. The van der Waals surface area contributed by atoms with Crippen molar-refractivity contribution in [3.05, 3.63) is 0 Å². The smallest absolute Gasteiger partial charge is 0.548 e. The van der Waals surface area contributed by atoms with Crippen LogP contribution in [0.15, 0.2) is 0 Å². The Labute approximate surface area is 137 Å². The number of aliphatic hydroxyl groups excluding tert-OH is 1. The summed E-state index contributed by atoms with van der Waals surface area (Å²) in [5.41, 5.74) is 0. The third kappa shape index (κ3) is 12.7. The molecule has 6 heteroatoms. The van der Waals surface area contributed by atoms with E-state index < -0.39 is 18.6 Å². The maximum atomic E-state index is 11.3. The molecule has 19 heavy (non-hydrogen) atoms. The fraction of sp³-hybridized carbons (Fsp3) is 0.846. The zero-order valence-corrected chi connectivity index (χ0v) is 14.1. The van der Waals surface area contributed by atoms with Crippen LogP contribution in [0.5, 0.6) is 0 Å². The van der Waals surface area contributed by atoms with Gasteiger partial charge in [-0.25, -0.2) is 0 Å². The monoisotopic (exact) mass is 281 g/mol. The second-order valence-corrected chi connectivity index (χ2v) is 4.49. The molecule has 0 spiro atoms. The van der Waals surface area contributed by atoms with Gasteiger partial charge in [0, 0.05) is 6.42 Å². The van der Waals surface area contributed by atoms with Crippen LogP contribution in [-0.2, 0) is 9.59 Å². The largest absolute Gasteiger partial charge is 1.00 e. The van der Waals surface area contributed by atoms with Gasteiger partial charge in [0.25, 0.3) is 0 Å². The second kappa shape index (κ2) is 14.3. The molecular formula is C13H24NNaO4. The first-order chi connectivity index (χ1) is 8.61. The minimum Gasteiger partial charge on any atom is -0.548 e. The van der Waals surface area contributed by atoms with Crippen LogP contribution in [0.3, 0.4) is 0 Å². The van der Waals surface area contributed by atoms with Crippen LogP contribution in [-0.4, -0.2) is 29.6 Å². The zero-order chi connectivity index (χ0) is 13.8. The Morgan fingerprint density at radius 3 is 2.11 bits per heavy atom. The van der Waals surface area contributed by atoms with Gasteiger partial charge in [-0.2, -0.15) is 0 Å². The summed E-state index contributed by atoms with van der Waals surface area (Å²) in [6.45, 7) is 1.53. The zero-order valence-electron chi connectivity index (χ0n) is 12.1. The molecule has 0 unspecified atom stereocenters. The van der Waals surface area contributed by atoms with Crippen LogP contribution < -0.4 is 40.0 Å². The van der Waals surface area contributed by atoms with Gasteiger partial charge in [0.05, 0.1) is 18.6 Å². The van der Waals surface area contributed by atoms with Crippen molar-refractivity contribution in [2.45, 2.75) is 64.3 Å². The van der Waals surface area contributed by atoms with E-state index in [4.69, 9.17) is 5.11 Å². The molecule has 0 fully saturated rings. The van der Waals surface area contributed by atoms with Crippen molar-refractivity contribution in [2.24, 2.45) is 0 Å². The number of unbranched alkanes of at least 4 members (excludes halogenated alkanes) is 6. The number of carboxylic acid groups (broad SMARTS) is 1. The summed E-state index contributed by atoms with van der Waals surface area (Å²) >= 11 is 0. The quantitative estimate of drug-likeness (QED) is 0.320. The van der Waals surface area contributed by atoms with Crippen molar-refractivity contribution in [3.8, 4) is 0 Å². The number of aliphatic hydroxyl groups is 1. The number of carbonyl (C=O) groups is 2. The molecule has 1 amide bonds. The van der Waals surface area contributed by atoms with E-state index in [1.54, 1.807) is 0 Å². The fourth-order valence-electron chi connectivity index (χ4n) is 1.69. The number of aliphatic carboxylic acids is 1. The van der Waals surface area contributed by atoms with Crippen molar-refractivity contribution in [3.63, 3.8) is 0 Å². The van der Waals surface area contributed by atoms with Gasteiger partial charge >= 0.3 is 29.6 Å². The average molecular weight is 281 g/mol. The van der Waals surface area contributed by atoms with Crippen LogP contribution in [0.4, 0.5) is 0 Å². The molecule has 0 aliphatic carbocycles. The van der Waals surface area contributed by atoms with Gasteiger partial charge in [0.15, 0.2) is 0 Å². The van der Waals surface area contributed by atoms with Crippen LogP contribution in [0, 0.1) is 0 Å². The minimum atomic E-state index is -1.45. The summed E-state index contributed by atoms with van der Waals surface area (Å²) < 4.78 is 0. The van der Waals surface area contributed by atoms with Crippen molar-refractivity contribution >= 4 is 11.9 Å². The summed E-state index contributed by atoms with van der Waals surface area (Å²) in [5.74, 6) is -1.79. The second-order valence-electron chi connectivity index (χ2n) is 4.49. The van der Waals surface area contributed by atoms with Gasteiger partial charge in [-0.3, -0.25) is 4.79 Å². The first-order valence-electron chi connectivity index (χ1n) is 6.72. The Balaban J connectivity index is 0. The third-order valence-corrected chi connectivity index (χ3v) is 2.81. The molecule has 106 valence electrons. The van der Waals surface area contributed by atoms with Gasteiger partial charge in [-0.1, -0.05) is 45.4 Å². The predicted octanol–water partition coefficient (Wildman–Crippen LogP) is -2.64. The summed E-state index contributed by atoms with van der Waals surface area (Å²) in [6.07, 6.45) is 8.04. The molecule has 0 aliphatic heterocycles. The van der Waals surface area contributed by atoms with Crippen LogP contribution in [0.25, 0.3) is 0 Å². The van der Waals surface area contributed by atoms with Gasteiger partial charge in [0.1, 0.15) is 0 Å². The number of rotatable bonds is 11. The van der Waals surface area contributed by atoms with Gasteiger partial charge in [0.2, 0.25) is 5.91 Å². The van der Waals surface area contributed by atoms with Gasteiger partial charge in [-0.15, -0.1) is 0 Å². The maximum Gasteiger partial charge on any atom is 1.00 e. The molecular weight excluding hydrogens is 257 g/mol. The van der Waals surface area contributed by atoms with Crippen LogP contribution >= 0.6 is 0 Å². The van der Waals surface area contributed by atoms with Crippen LogP contribution in [0.2, 0.25) is 0 Å². The topological polar surface area (TPSA) is 89.5 Å². The van der Waals surface area contributed by atoms with Gasteiger partial charge < -0.3 is 20.3 Å². The molecule has 5 nitrogen and oxygen atoms in total. The van der Waals surface area contributed by atoms with Crippen molar-refractivity contribution in [2.75, 3.05) is 6.61 Å². The Morgan fingerprint density at radius 2 is 1.63 bits per heavy atom. The van der Waals surface area contributed by atoms with Crippen molar-refractivity contribution in [1.29, 1.82) is 0 Å². The molecule has 0 rings (SSSR count). The van der Waals surface area contributed by atoms with E-state index in [1.807, 2.05) is 0 Å². The fourth-order valence-corrected chi connectivity index (χ4v) is 1.69. The molecule has 0 aromatic heterocycles. The molecule has 0 bridgehead atoms. The standard InChI is InChI=1S/C13H25NO4.Na/c1-2-3-4-5-6-7-8-9-12(16)14-11(10-15)13(17)18;/h11,15H,2-10H2,1H3,(H,14,16)(H,17,18);/q;+1/p-1/t11-;/m0./s1. The molecule has 2 N–H and O–H groups in total. The Hall–Kier alpha value is -0.100. The van der Waals surface area contributed by atoms with E-state index in [0.29, 0.717) is 6.42 Å². The van der Waals surface area contributed by atoms with E-state index in [9.17, 15) is 14.7 Å². The number of amides is 1. The maximum absolute atomic E-state index is 11.3. The van der Waals surface area contributed by atoms with E-state index in [1.165, 1.54) is 25.7 Å². The number of nitrogens with one attached hydrogen (secondary N) is 1. The number of carboxylic acids is 1. The van der Waals surface area contributed by atoms with Crippen molar-refractivity contribution < 1.29 is 49.4 Å². The molecule has 0 aromatic rings. The summed E-state index contributed by atoms with van der Waals surface area (Å²) in [5, 5.41) is 21.4. The molecule has 0 heterocycles. The van der Waals surface area contributed by atoms with Crippen molar-refractivity contribution in [1.82, 2.24) is 5.32 Å². The first-order valence-corrected chi connectivity index (χ1v) is 6.72. The number of carbonyl (C=O) groups excluding carboxylic acids is 2. The predicted molar refractivity (Wildman–Crippen MR) is 66.6 cm³/mol. The number of hydrogen-bond acceptors (Lipinski definition) is 4. The average Bonchev–Trinajstić information content (AvgIpc) is 2.34. The Kier molecular flexibility index (Phi) is 16.0. The Bertz CT molecular complexity index is 249. The van der Waals surface area contributed by atoms with Gasteiger partial charge in [-0.05, 0) is 6.42 Å². The normalized spacial score (nSPS) is 11.5. The molecule has 0 saturated heterocycles. The molecule has 0 radical (unpaired) electrons. The SMILES string of the molecule is CCCCCCCCCC(=O)N[C@@H](CO)C(=O)[O-].[Na+]. The Morgan fingerprint density at radius 1 is 1.11 bits per heavy atom. The molecule has 0 aliphatic rings. The summed E-state index contributed by atoms with van der Waals surface area (Å²) in [4.78, 5) is 21.8. The molecule has 0 aromatic carbocycles. The van der Waals surface area contributed by atoms with E-state index in [2.05, 4.69) is 12.2 Å². The molecule has 0 saturated carbocycles. The van der Waals surface area contributed by atoms with Crippen LogP contribution in [0.1, 0.15) is 58.3 Å². The third-order valence-electron chi connectivity index (χ3n) is 2.81.